The predicted molar refractivity (Wildman–Crippen MR) is 56.8 cm³/mol. The smallest absolute Gasteiger partial charge is 0.258 e. The van der Waals surface area contributed by atoms with Crippen LogP contribution in [-0.4, -0.2) is 17.7 Å². The number of benzene rings is 1. The molecule has 0 fully saturated rings. The monoisotopic (exact) mass is 204 g/mol. The Kier molecular flexibility index (Phi) is 2.64. The zero-order valence-corrected chi connectivity index (χ0v) is 8.10. The standard InChI is InChI=1S/C10H12N4O/c11-12-10(15)9-6-8(13-14-9)7-4-2-1-3-5-7/h1-5,9,14H,6,11H2,(H,12,15). The van der Waals surface area contributed by atoms with E-state index in [4.69, 9.17) is 5.84 Å². The number of carbonyl (C=O) groups excluding carboxylic acids is 1. The molecule has 2 rings (SSSR count). The van der Waals surface area contributed by atoms with Crippen molar-refractivity contribution >= 4 is 11.6 Å². The quantitative estimate of drug-likeness (QED) is 0.353. The van der Waals surface area contributed by atoms with Crippen molar-refractivity contribution < 1.29 is 4.79 Å². The van der Waals surface area contributed by atoms with E-state index < -0.39 is 0 Å². The number of nitrogens with one attached hydrogen (secondary N) is 2. The molecule has 1 unspecified atom stereocenters. The van der Waals surface area contributed by atoms with Crippen molar-refractivity contribution in [3.8, 4) is 0 Å². The van der Waals surface area contributed by atoms with Crippen LogP contribution in [0, 0.1) is 0 Å². The first-order valence-corrected chi connectivity index (χ1v) is 4.69. The van der Waals surface area contributed by atoms with E-state index in [0.29, 0.717) is 6.42 Å². The van der Waals surface area contributed by atoms with Crippen LogP contribution in [0.3, 0.4) is 0 Å². The lowest BCUT2D eigenvalue weighted by Gasteiger charge is -2.06. The molecule has 78 valence electrons. The van der Waals surface area contributed by atoms with Crippen LogP contribution < -0.4 is 16.7 Å². The van der Waals surface area contributed by atoms with Crippen LogP contribution in [0.1, 0.15) is 12.0 Å². The predicted octanol–water partition coefficient (Wildman–Crippen LogP) is -0.258. The van der Waals surface area contributed by atoms with Gasteiger partial charge < -0.3 is 0 Å². The molecule has 5 heteroatoms. The number of hydrogen-bond donors (Lipinski definition) is 3. The molecule has 0 aromatic heterocycles. The Balaban J connectivity index is 2.07. The van der Waals surface area contributed by atoms with Gasteiger partial charge in [0.2, 0.25) is 0 Å². The molecule has 0 saturated heterocycles. The molecule has 5 nitrogen and oxygen atoms in total. The molecule has 0 saturated carbocycles. The van der Waals surface area contributed by atoms with Gasteiger partial charge >= 0.3 is 0 Å². The highest BCUT2D eigenvalue weighted by Crippen LogP contribution is 2.11. The van der Waals surface area contributed by atoms with E-state index in [2.05, 4.69) is 16.0 Å². The van der Waals surface area contributed by atoms with Crippen molar-refractivity contribution in [2.24, 2.45) is 10.9 Å². The number of nitrogens with two attached hydrogens (primary N) is 1. The fraction of sp³-hybridized carbons (Fsp3) is 0.200. The van der Waals surface area contributed by atoms with Gasteiger partial charge in [0.05, 0.1) is 5.71 Å². The molecule has 15 heavy (non-hydrogen) atoms. The van der Waals surface area contributed by atoms with Gasteiger partial charge in [0.25, 0.3) is 5.91 Å². The maximum atomic E-state index is 11.2. The van der Waals surface area contributed by atoms with E-state index in [-0.39, 0.29) is 11.9 Å². The second kappa shape index (κ2) is 4.10. The molecule has 0 spiro atoms. The fourth-order valence-corrected chi connectivity index (χ4v) is 1.51. The third kappa shape index (κ3) is 1.97. The minimum absolute atomic E-state index is 0.246. The van der Waals surface area contributed by atoms with Crippen molar-refractivity contribution in [2.45, 2.75) is 12.5 Å². The van der Waals surface area contributed by atoms with Crippen LogP contribution in [0.4, 0.5) is 0 Å². The normalized spacial score (nSPS) is 19.3. The van der Waals surface area contributed by atoms with Crippen molar-refractivity contribution in [1.82, 2.24) is 10.9 Å². The van der Waals surface area contributed by atoms with E-state index in [1.54, 1.807) is 0 Å². The van der Waals surface area contributed by atoms with Crippen molar-refractivity contribution in [3.63, 3.8) is 0 Å². The largest absolute Gasteiger partial charge is 0.297 e. The SMILES string of the molecule is NNC(=O)C1CC(c2ccccc2)=NN1. The zero-order chi connectivity index (χ0) is 10.7. The highest BCUT2D eigenvalue weighted by molar-refractivity contribution is 6.04. The van der Waals surface area contributed by atoms with E-state index in [1.165, 1.54) is 0 Å². The molecule has 1 aliphatic rings. The Morgan fingerprint density at radius 3 is 2.87 bits per heavy atom. The van der Waals surface area contributed by atoms with Gasteiger partial charge in [0, 0.05) is 6.42 Å². The number of amides is 1. The number of carbonyl (C=O) groups is 1. The molecule has 4 N–H and O–H groups in total. The molecule has 1 heterocycles. The first-order valence-electron chi connectivity index (χ1n) is 4.69. The average Bonchev–Trinajstić information content (AvgIpc) is 2.78. The minimum atomic E-state index is -0.356. The van der Waals surface area contributed by atoms with Crippen LogP contribution in [-0.2, 0) is 4.79 Å². The summed E-state index contributed by atoms with van der Waals surface area (Å²) in [4.78, 5) is 11.2. The molecule has 1 aromatic carbocycles. The van der Waals surface area contributed by atoms with Crippen LogP contribution in [0.15, 0.2) is 35.4 Å². The minimum Gasteiger partial charge on any atom is -0.297 e. The Bertz CT molecular complexity index is 388. The van der Waals surface area contributed by atoms with E-state index >= 15 is 0 Å². The third-order valence-corrected chi connectivity index (χ3v) is 2.32. The highest BCUT2D eigenvalue weighted by atomic mass is 16.2. The van der Waals surface area contributed by atoms with Gasteiger partial charge in [-0.05, 0) is 5.56 Å². The molecule has 1 aliphatic heterocycles. The topological polar surface area (TPSA) is 79.5 Å². The van der Waals surface area contributed by atoms with E-state index in [0.717, 1.165) is 11.3 Å². The Labute approximate surface area is 87.3 Å². The highest BCUT2D eigenvalue weighted by Gasteiger charge is 2.24. The molecular weight excluding hydrogens is 192 g/mol. The van der Waals surface area contributed by atoms with Crippen LogP contribution in [0.5, 0.6) is 0 Å². The van der Waals surface area contributed by atoms with Crippen LogP contribution in [0.2, 0.25) is 0 Å². The Morgan fingerprint density at radius 1 is 1.47 bits per heavy atom. The summed E-state index contributed by atoms with van der Waals surface area (Å²) in [5.74, 6) is 4.80. The van der Waals surface area contributed by atoms with Crippen molar-refractivity contribution in [2.75, 3.05) is 0 Å². The van der Waals surface area contributed by atoms with Gasteiger partial charge in [0.1, 0.15) is 6.04 Å². The first kappa shape index (κ1) is 9.67. The van der Waals surface area contributed by atoms with Gasteiger partial charge in [0.15, 0.2) is 0 Å². The van der Waals surface area contributed by atoms with Gasteiger partial charge in [-0.3, -0.25) is 15.6 Å². The third-order valence-electron chi connectivity index (χ3n) is 2.32. The first-order chi connectivity index (χ1) is 7.31. The number of hydrogen-bond acceptors (Lipinski definition) is 4. The number of rotatable bonds is 2. The van der Waals surface area contributed by atoms with Crippen molar-refractivity contribution in [1.29, 1.82) is 0 Å². The van der Waals surface area contributed by atoms with Gasteiger partial charge in [-0.15, -0.1) is 0 Å². The van der Waals surface area contributed by atoms with E-state index in [1.807, 2.05) is 30.3 Å². The molecule has 0 radical (unpaired) electrons. The number of hydrazine groups is 1. The summed E-state index contributed by atoms with van der Waals surface area (Å²) in [7, 11) is 0. The fourth-order valence-electron chi connectivity index (χ4n) is 1.51. The Morgan fingerprint density at radius 2 is 2.20 bits per heavy atom. The maximum absolute atomic E-state index is 11.2. The Hall–Kier alpha value is -1.88. The average molecular weight is 204 g/mol. The second-order valence-corrected chi connectivity index (χ2v) is 3.32. The molecule has 1 amide bonds. The van der Waals surface area contributed by atoms with Gasteiger partial charge in [-0.25, -0.2) is 5.84 Å². The number of hydrazone groups is 1. The molecule has 1 atom stereocenters. The lowest BCUT2D eigenvalue weighted by molar-refractivity contribution is -0.122. The lowest BCUT2D eigenvalue weighted by Crippen LogP contribution is -2.43. The van der Waals surface area contributed by atoms with Gasteiger partial charge in [-0.1, -0.05) is 30.3 Å². The lowest BCUT2D eigenvalue weighted by atomic mass is 10.0. The summed E-state index contributed by atoms with van der Waals surface area (Å²) in [5, 5.41) is 4.11. The van der Waals surface area contributed by atoms with Crippen LogP contribution >= 0.6 is 0 Å². The zero-order valence-electron chi connectivity index (χ0n) is 8.10. The van der Waals surface area contributed by atoms with Crippen LogP contribution in [0.25, 0.3) is 0 Å². The van der Waals surface area contributed by atoms with Gasteiger partial charge in [-0.2, -0.15) is 5.10 Å². The summed E-state index contributed by atoms with van der Waals surface area (Å²) in [5.41, 5.74) is 6.76. The molecular formula is C10H12N4O. The molecule has 0 bridgehead atoms. The summed E-state index contributed by atoms with van der Waals surface area (Å²) < 4.78 is 0. The molecule has 1 aromatic rings. The summed E-state index contributed by atoms with van der Waals surface area (Å²) in [6, 6.07) is 9.39. The summed E-state index contributed by atoms with van der Waals surface area (Å²) in [6.07, 6.45) is 0.563. The van der Waals surface area contributed by atoms with E-state index in [9.17, 15) is 4.79 Å². The second-order valence-electron chi connectivity index (χ2n) is 3.32. The summed E-state index contributed by atoms with van der Waals surface area (Å²) >= 11 is 0. The maximum Gasteiger partial charge on any atom is 0.258 e. The molecule has 0 aliphatic carbocycles. The van der Waals surface area contributed by atoms with Crippen molar-refractivity contribution in [3.05, 3.63) is 35.9 Å². The number of nitrogens with zero attached hydrogens (tertiary/aromatic N) is 1. The summed E-state index contributed by atoms with van der Waals surface area (Å²) in [6.45, 7) is 0.